The Hall–Kier alpha value is -1.64. The topological polar surface area (TPSA) is 51.8 Å². The van der Waals surface area contributed by atoms with Crippen molar-refractivity contribution in [3.63, 3.8) is 0 Å². The molecule has 0 aliphatic carbocycles. The normalized spacial score (nSPS) is 10.8. The number of fused-ring (bicyclic) bond motifs is 1. The third-order valence-electron chi connectivity index (χ3n) is 2.79. The maximum absolute atomic E-state index is 5.82. The highest BCUT2D eigenvalue weighted by Crippen LogP contribution is 2.25. The van der Waals surface area contributed by atoms with Crippen molar-refractivity contribution >= 4 is 16.7 Å². The summed E-state index contributed by atoms with van der Waals surface area (Å²) in [6.45, 7) is 6.24. The minimum Gasteiger partial charge on any atom is -0.383 e. The highest BCUT2D eigenvalue weighted by atomic mass is 14.9. The van der Waals surface area contributed by atoms with Crippen LogP contribution in [0.3, 0.4) is 0 Å². The molecule has 0 aliphatic rings. The van der Waals surface area contributed by atoms with Gasteiger partial charge in [-0.1, -0.05) is 0 Å². The molecule has 0 radical (unpaired) electrons. The predicted octanol–water partition coefficient (Wildman–Crippen LogP) is 2.14. The van der Waals surface area contributed by atoms with Crippen LogP contribution in [0.15, 0.2) is 12.4 Å². The molecule has 0 saturated carbocycles. The zero-order valence-electron chi connectivity index (χ0n) is 8.63. The van der Waals surface area contributed by atoms with Crippen LogP contribution in [-0.2, 0) is 0 Å². The second-order valence-corrected chi connectivity index (χ2v) is 3.60. The van der Waals surface area contributed by atoms with E-state index in [1.165, 1.54) is 23.0 Å². The molecule has 1 heterocycles. The molecule has 0 unspecified atom stereocenters. The third kappa shape index (κ3) is 1.13. The van der Waals surface area contributed by atoms with Crippen molar-refractivity contribution in [3.05, 3.63) is 29.1 Å². The molecule has 72 valence electrons. The van der Waals surface area contributed by atoms with Crippen LogP contribution in [0.2, 0.25) is 0 Å². The van der Waals surface area contributed by atoms with Crippen LogP contribution < -0.4 is 5.73 Å². The molecule has 3 heteroatoms. The molecular formula is C11H13N3. The smallest absolute Gasteiger partial charge is 0.134 e. The summed E-state index contributed by atoms with van der Waals surface area (Å²) in [5.74, 6) is 0.565. The predicted molar refractivity (Wildman–Crippen MR) is 58.2 cm³/mol. The molecule has 1 aromatic heterocycles. The summed E-state index contributed by atoms with van der Waals surface area (Å²) in [6.07, 6.45) is 1.51. The summed E-state index contributed by atoms with van der Waals surface area (Å²) in [5.41, 5.74) is 10.4. The van der Waals surface area contributed by atoms with E-state index in [0.717, 1.165) is 10.9 Å². The van der Waals surface area contributed by atoms with Gasteiger partial charge in [0.1, 0.15) is 12.1 Å². The minimum atomic E-state index is 0.565. The Balaban J connectivity index is 2.99. The number of benzene rings is 1. The first kappa shape index (κ1) is 8.94. The first-order valence-electron chi connectivity index (χ1n) is 4.58. The van der Waals surface area contributed by atoms with Crippen molar-refractivity contribution in [3.8, 4) is 0 Å². The van der Waals surface area contributed by atoms with Gasteiger partial charge in [0.25, 0.3) is 0 Å². The molecule has 0 fully saturated rings. The van der Waals surface area contributed by atoms with Gasteiger partial charge >= 0.3 is 0 Å². The van der Waals surface area contributed by atoms with Gasteiger partial charge in [-0.15, -0.1) is 0 Å². The largest absolute Gasteiger partial charge is 0.383 e. The van der Waals surface area contributed by atoms with Crippen molar-refractivity contribution in [2.24, 2.45) is 0 Å². The van der Waals surface area contributed by atoms with Crippen molar-refractivity contribution in [2.75, 3.05) is 5.73 Å². The fourth-order valence-electron chi connectivity index (χ4n) is 1.70. The minimum absolute atomic E-state index is 0.565. The molecule has 1 aromatic carbocycles. The fraction of sp³-hybridized carbons (Fsp3) is 0.273. The van der Waals surface area contributed by atoms with Gasteiger partial charge in [0, 0.05) is 5.39 Å². The number of nitrogens with two attached hydrogens (primary N) is 1. The van der Waals surface area contributed by atoms with E-state index in [-0.39, 0.29) is 0 Å². The molecule has 0 spiro atoms. The van der Waals surface area contributed by atoms with Crippen LogP contribution in [0.1, 0.15) is 16.7 Å². The SMILES string of the molecule is Cc1cc2ncnc(N)c2c(C)c1C. The lowest BCUT2D eigenvalue weighted by Gasteiger charge is -2.09. The van der Waals surface area contributed by atoms with E-state index in [1.807, 2.05) is 0 Å². The van der Waals surface area contributed by atoms with E-state index in [1.54, 1.807) is 0 Å². The van der Waals surface area contributed by atoms with Gasteiger partial charge in [0.2, 0.25) is 0 Å². The standard InChI is InChI=1S/C11H13N3/c1-6-4-9-10(8(3)7(6)2)11(12)14-5-13-9/h4-5H,1-3H3,(H2,12,13,14). The maximum Gasteiger partial charge on any atom is 0.134 e. The van der Waals surface area contributed by atoms with E-state index < -0.39 is 0 Å². The lowest BCUT2D eigenvalue weighted by molar-refractivity contribution is 1.20. The molecule has 0 amide bonds. The lowest BCUT2D eigenvalue weighted by Crippen LogP contribution is -1.97. The van der Waals surface area contributed by atoms with Gasteiger partial charge < -0.3 is 5.73 Å². The number of anilines is 1. The van der Waals surface area contributed by atoms with Crippen molar-refractivity contribution in [1.29, 1.82) is 0 Å². The number of hydrogen-bond acceptors (Lipinski definition) is 3. The monoisotopic (exact) mass is 187 g/mol. The molecule has 0 bridgehead atoms. The lowest BCUT2D eigenvalue weighted by atomic mass is 10.00. The first-order valence-corrected chi connectivity index (χ1v) is 4.58. The number of rotatable bonds is 0. The van der Waals surface area contributed by atoms with Gasteiger partial charge in [-0.2, -0.15) is 0 Å². The second kappa shape index (κ2) is 2.94. The average molecular weight is 187 g/mol. The summed E-state index contributed by atoms with van der Waals surface area (Å²) in [7, 11) is 0. The number of aryl methyl sites for hydroxylation is 2. The van der Waals surface area contributed by atoms with Gasteiger partial charge in [-0.05, 0) is 43.5 Å². The van der Waals surface area contributed by atoms with E-state index in [0.29, 0.717) is 5.82 Å². The van der Waals surface area contributed by atoms with Gasteiger partial charge in [-0.3, -0.25) is 0 Å². The Morgan fingerprint density at radius 3 is 2.50 bits per heavy atom. The molecular weight excluding hydrogens is 174 g/mol. The van der Waals surface area contributed by atoms with E-state index in [9.17, 15) is 0 Å². The summed E-state index contributed by atoms with van der Waals surface area (Å²) in [6, 6.07) is 2.05. The maximum atomic E-state index is 5.82. The van der Waals surface area contributed by atoms with Crippen LogP contribution in [0.4, 0.5) is 5.82 Å². The number of nitrogen functional groups attached to an aromatic ring is 1. The van der Waals surface area contributed by atoms with E-state index in [2.05, 4.69) is 36.8 Å². The van der Waals surface area contributed by atoms with Crippen LogP contribution >= 0.6 is 0 Å². The molecule has 2 rings (SSSR count). The van der Waals surface area contributed by atoms with Gasteiger partial charge in [0.05, 0.1) is 5.52 Å². The Morgan fingerprint density at radius 2 is 1.79 bits per heavy atom. The Kier molecular flexibility index (Phi) is 1.88. The average Bonchev–Trinajstić information content (AvgIpc) is 2.14. The first-order chi connectivity index (χ1) is 6.61. The van der Waals surface area contributed by atoms with Crippen molar-refractivity contribution < 1.29 is 0 Å². The molecule has 0 atom stereocenters. The number of nitrogens with zero attached hydrogens (tertiary/aromatic N) is 2. The highest BCUT2D eigenvalue weighted by molar-refractivity contribution is 5.92. The molecule has 3 nitrogen and oxygen atoms in total. The fourth-order valence-corrected chi connectivity index (χ4v) is 1.70. The zero-order chi connectivity index (χ0) is 10.3. The third-order valence-corrected chi connectivity index (χ3v) is 2.79. The van der Waals surface area contributed by atoms with Crippen LogP contribution in [0.25, 0.3) is 10.9 Å². The van der Waals surface area contributed by atoms with E-state index in [4.69, 9.17) is 5.73 Å². The summed E-state index contributed by atoms with van der Waals surface area (Å²) in [4.78, 5) is 8.22. The molecule has 0 saturated heterocycles. The number of hydrogen-bond donors (Lipinski definition) is 1. The quantitative estimate of drug-likeness (QED) is 0.687. The molecule has 2 aromatic rings. The zero-order valence-corrected chi connectivity index (χ0v) is 8.63. The van der Waals surface area contributed by atoms with Crippen LogP contribution in [-0.4, -0.2) is 9.97 Å². The van der Waals surface area contributed by atoms with Crippen molar-refractivity contribution in [2.45, 2.75) is 20.8 Å². The Labute approximate surface area is 83.0 Å². The summed E-state index contributed by atoms with van der Waals surface area (Å²) >= 11 is 0. The van der Waals surface area contributed by atoms with Gasteiger partial charge in [-0.25, -0.2) is 9.97 Å². The molecule has 14 heavy (non-hydrogen) atoms. The van der Waals surface area contributed by atoms with E-state index >= 15 is 0 Å². The number of aromatic nitrogens is 2. The molecule has 2 N–H and O–H groups in total. The summed E-state index contributed by atoms with van der Waals surface area (Å²) in [5, 5.41) is 0.982. The highest BCUT2D eigenvalue weighted by Gasteiger charge is 2.07. The summed E-state index contributed by atoms with van der Waals surface area (Å²) < 4.78 is 0. The second-order valence-electron chi connectivity index (χ2n) is 3.60. The Morgan fingerprint density at radius 1 is 1.07 bits per heavy atom. The van der Waals surface area contributed by atoms with Crippen LogP contribution in [0, 0.1) is 20.8 Å². The van der Waals surface area contributed by atoms with Gasteiger partial charge in [0.15, 0.2) is 0 Å². The van der Waals surface area contributed by atoms with Crippen LogP contribution in [0.5, 0.6) is 0 Å². The van der Waals surface area contributed by atoms with Crippen molar-refractivity contribution in [1.82, 2.24) is 9.97 Å². The Bertz CT molecular complexity index is 503. The molecule has 0 aliphatic heterocycles.